The van der Waals surface area contributed by atoms with Crippen LogP contribution in [0.2, 0.25) is 0 Å². The molecular weight excluding hydrogens is 494 g/mol. The highest BCUT2D eigenvalue weighted by atomic mass is 32.1. The standard InChI is InChI=1S/C27H27N3O6S/c1-3-36-26(33)18-9-11-19(12-10-18)28-24(31)17-23-25(32)30(20-6-4-7-21(16-20)35-2)27(34)29(23)14-13-22-8-5-15-37-22/h4-12,15-16,23H,3,13-14,17H2,1-2H3,(H,28,31)/t23-/m0/s1. The quantitative estimate of drug-likeness (QED) is 0.314. The van der Waals surface area contributed by atoms with E-state index in [-0.39, 0.29) is 19.6 Å². The van der Waals surface area contributed by atoms with Gasteiger partial charge in [0.25, 0.3) is 5.91 Å². The lowest BCUT2D eigenvalue weighted by Gasteiger charge is -2.21. The van der Waals surface area contributed by atoms with E-state index < -0.39 is 29.9 Å². The summed E-state index contributed by atoms with van der Waals surface area (Å²) in [6.07, 6.45) is 0.352. The van der Waals surface area contributed by atoms with Crippen LogP contribution < -0.4 is 15.0 Å². The lowest BCUT2D eigenvalue weighted by Crippen LogP contribution is -2.39. The SMILES string of the molecule is CCOC(=O)c1ccc(NC(=O)C[C@H]2C(=O)N(c3cccc(OC)c3)C(=O)N2CCc2cccs2)cc1. The highest BCUT2D eigenvalue weighted by Gasteiger charge is 2.46. The first-order valence-corrected chi connectivity index (χ1v) is 12.7. The Kier molecular flexibility index (Phi) is 8.19. The number of carbonyl (C=O) groups is 4. The number of methoxy groups -OCH3 is 1. The lowest BCUT2D eigenvalue weighted by molar-refractivity contribution is -0.124. The molecule has 1 saturated heterocycles. The van der Waals surface area contributed by atoms with Gasteiger partial charge in [0, 0.05) is 23.2 Å². The zero-order chi connectivity index (χ0) is 26.4. The number of thiophene rings is 1. The van der Waals surface area contributed by atoms with E-state index in [2.05, 4.69) is 5.32 Å². The number of urea groups is 1. The average Bonchev–Trinajstić information content (AvgIpc) is 3.49. The Bertz CT molecular complexity index is 1280. The Morgan fingerprint density at radius 3 is 2.51 bits per heavy atom. The van der Waals surface area contributed by atoms with E-state index in [1.54, 1.807) is 66.8 Å². The summed E-state index contributed by atoms with van der Waals surface area (Å²) in [5, 5.41) is 4.70. The van der Waals surface area contributed by atoms with E-state index in [0.717, 1.165) is 9.78 Å². The molecule has 192 valence electrons. The number of hydrogen-bond donors (Lipinski definition) is 1. The predicted octanol–water partition coefficient (Wildman–Crippen LogP) is 4.34. The van der Waals surface area contributed by atoms with E-state index in [0.29, 0.717) is 29.1 Å². The molecule has 0 aliphatic carbocycles. The molecule has 2 aromatic carbocycles. The second-order valence-corrected chi connectivity index (χ2v) is 9.28. The van der Waals surface area contributed by atoms with Gasteiger partial charge in [-0.25, -0.2) is 14.5 Å². The first-order chi connectivity index (χ1) is 17.9. The number of rotatable bonds is 10. The summed E-state index contributed by atoms with van der Waals surface area (Å²) in [7, 11) is 1.51. The molecule has 0 bridgehead atoms. The fraction of sp³-hybridized carbons (Fsp3) is 0.259. The third-order valence-corrected chi connectivity index (χ3v) is 6.80. The fourth-order valence-electron chi connectivity index (χ4n) is 4.05. The molecule has 1 aliphatic heterocycles. The van der Waals surface area contributed by atoms with Crippen molar-refractivity contribution >= 4 is 46.5 Å². The highest BCUT2D eigenvalue weighted by Crippen LogP contribution is 2.30. The maximum Gasteiger partial charge on any atom is 0.338 e. The lowest BCUT2D eigenvalue weighted by atomic mass is 10.1. The number of amides is 4. The minimum atomic E-state index is -0.961. The van der Waals surface area contributed by atoms with Gasteiger partial charge in [-0.05, 0) is 61.2 Å². The number of esters is 1. The van der Waals surface area contributed by atoms with Crippen molar-refractivity contribution in [2.75, 3.05) is 30.5 Å². The number of ether oxygens (including phenoxy) is 2. The number of anilines is 2. The summed E-state index contributed by atoms with van der Waals surface area (Å²) in [5.74, 6) is -0.842. The van der Waals surface area contributed by atoms with Gasteiger partial charge in [-0.3, -0.25) is 9.59 Å². The van der Waals surface area contributed by atoms with Crippen molar-refractivity contribution in [3.8, 4) is 5.75 Å². The third-order valence-electron chi connectivity index (χ3n) is 5.87. The molecule has 2 heterocycles. The fourth-order valence-corrected chi connectivity index (χ4v) is 4.75. The van der Waals surface area contributed by atoms with Crippen molar-refractivity contribution in [3.63, 3.8) is 0 Å². The molecule has 37 heavy (non-hydrogen) atoms. The van der Waals surface area contributed by atoms with Gasteiger partial charge in [-0.1, -0.05) is 12.1 Å². The van der Waals surface area contributed by atoms with E-state index in [1.165, 1.54) is 12.0 Å². The van der Waals surface area contributed by atoms with Crippen molar-refractivity contribution in [2.24, 2.45) is 0 Å². The molecule has 1 atom stereocenters. The normalized spacial score (nSPS) is 15.1. The van der Waals surface area contributed by atoms with Crippen LogP contribution in [-0.4, -0.2) is 55.0 Å². The summed E-state index contributed by atoms with van der Waals surface area (Å²) < 4.78 is 10.2. The predicted molar refractivity (Wildman–Crippen MR) is 140 cm³/mol. The molecule has 1 aromatic heterocycles. The average molecular weight is 522 g/mol. The van der Waals surface area contributed by atoms with Crippen LogP contribution in [0.5, 0.6) is 5.75 Å². The molecule has 0 saturated carbocycles. The van der Waals surface area contributed by atoms with Gasteiger partial charge in [-0.15, -0.1) is 11.3 Å². The Morgan fingerprint density at radius 2 is 1.84 bits per heavy atom. The molecule has 4 rings (SSSR count). The second-order valence-electron chi connectivity index (χ2n) is 8.25. The minimum Gasteiger partial charge on any atom is -0.497 e. The maximum absolute atomic E-state index is 13.5. The summed E-state index contributed by atoms with van der Waals surface area (Å²) in [4.78, 5) is 55.3. The van der Waals surface area contributed by atoms with E-state index in [9.17, 15) is 19.2 Å². The Labute approximate surface area is 218 Å². The molecule has 0 spiro atoms. The molecular formula is C27H27N3O6S. The maximum atomic E-state index is 13.5. The van der Waals surface area contributed by atoms with Gasteiger partial charge in [0.2, 0.25) is 5.91 Å². The Morgan fingerprint density at radius 1 is 1.05 bits per heavy atom. The van der Waals surface area contributed by atoms with Gasteiger partial charge in [0.15, 0.2) is 0 Å². The first kappa shape index (κ1) is 25.9. The van der Waals surface area contributed by atoms with Crippen molar-refractivity contribution in [2.45, 2.75) is 25.8 Å². The van der Waals surface area contributed by atoms with Crippen LogP contribution in [0.25, 0.3) is 0 Å². The summed E-state index contributed by atoms with van der Waals surface area (Å²) >= 11 is 1.57. The van der Waals surface area contributed by atoms with E-state index in [4.69, 9.17) is 9.47 Å². The third kappa shape index (κ3) is 5.97. The number of carbonyl (C=O) groups excluding carboxylic acids is 4. The molecule has 0 radical (unpaired) electrons. The number of hydrogen-bond acceptors (Lipinski definition) is 7. The zero-order valence-corrected chi connectivity index (χ0v) is 21.3. The zero-order valence-electron chi connectivity index (χ0n) is 20.5. The van der Waals surface area contributed by atoms with Gasteiger partial charge in [0.1, 0.15) is 11.8 Å². The van der Waals surface area contributed by atoms with Gasteiger partial charge < -0.3 is 19.7 Å². The van der Waals surface area contributed by atoms with Crippen molar-refractivity contribution in [1.29, 1.82) is 0 Å². The van der Waals surface area contributed by atoms with Crippen LogP contribution in [0.4, 0.5) is 16.2 Å². The van der Waals surface area contributed by atoms with Gasteiger partial charge >= 0.3 is 12.0 Å². The highest BCUT2D eigenvalue weighted by molar-refractivity contribution is 7.09. The van der Waals surface area contributed by atoms with Crippen molar-refractivity contribution in [3.05, 3.63) is 76.5 Å². The first-order valence-electron chi connectivity index (χ1n) is 11.8. The topological polar surface area (TPSA) is 105 Å². The molecule has 10 heteroatoms. The van der Waals surface area contributed by atoms with Crippen LogP contribution in [-0.2, 0) is 20.7 Å². The van der Waals surface area contributed by atoms with E-state index >= 15 is 0 Å². The summed E-state index contributed by atoms with van der Waals surface area (Å²) in [6.45, 7) is 2.28. The van der Waals surface area contributed by atoms with Crippen molar-refractivity contribution < 1.29 is 28.7 Å². The van der Waals surface area contributed by atoms with E-state index in [1.807, 2.05) is 17.5 Å². The largest absolute Gasteiger partial charge is 0.497 e. The number of imide groups is 1. The number of nitrogens with zero attached hydrogens (tertiary/aromatic N) is 2. The van der Waals surface area contributed by atoms with Crippen LogP contribution >= 0.6 is 11.3 Å². The molecule has 1 N–H and O–H groups in total. The van der Waals surface area contributed by atoms with Crippen LogP contribution in [0, 0.1) is 0 Å². The van der Waals surface area contributed by atoms with Crippen molar-refractivity contribution in [1.82, 2.24) is 4.90 Å². The van der Waals surface area contributed by atoms with Crippen LogP contribution in [0.1, 0.15) is 28.6 Å². The summed E-state index contributed by atoms with van der Waals surface area (Å²) in [5.41, 5.74) is 1.21. The monoisotopic (exact) mass is 521 g/mol. The number of benzene rings is 2. The molecule has 9 nitrogen and oxygen atoms in total. The molecule has 3 aromatic rings. The number of nitrogens with one attached hydrogen (secondary N) is 1. The van der Waals surface area contributed by atoms with Crippen LogP contribution in [0.3, 0.4) is 0 Å². The second kappa shape index (κ2) is 11.7. The van der Waals surface area contributed by atoms with Crippen LogP contribution in [0.15, 0.2) is 66.0 Å². The molecule has 1 fully saturated rings. The Balaban J connectivity index is 1.51. The minimum absolute atomic E-state index is 0.213. The molecule has 1 aliphatic rings. The van der Waals surface area contributed by atoms with Gasteiger partial charge in [0.05, 0.1) is 31.4 Å². The molecule has 0 unspecified atom stereocenters. The molecule has 4 amide bonds. The Hall–Kier alpha value is -4.18. The summed E-state index contributed by atoms with van der Waals surface area (Å²) in [6, 6.07) is 15.4. The van der Waals surface area contributed by atoms with Gasteiger partial charge in [-0.2, -0.15) is 0 Å². The smallest absolute Gasteiger partial charge is 0.338 e.